The van der Waals surface area contributed by atoms with E-state index in [9.17, 15) is 19.5 Å². The molecule has 1 saturated heterocycles. The van der Waals surface area contributed by atoms with Gasteiger partial charge in [0.1, 0.15) is 0 Å². The first-order chi connectivity index (χ1) is 14.3. The molecule has 1 aliphatic heterocycles. The summed E-state index contributed by atoms with van der Waals surface area (Å²) in [5.41, 5.74) is 1.36. The average Bonchev–Trinajstić information content (AvgIpc) is 3.23. The molecule has 3 N–H and O–H groups in total. The highest BCUT2D eigenvalue weighted by Gasteiger charge is 2.23. The number of piperazine rings is 1. The van der Waals surface area contributed by atoms with Gasteiger partial charge < -0.3 is 20.6 Å². The summed E-state index contributed by atoms with van der Waals surface area (Å²) in [5.74, 6) is -1.31. The number of carbonyl (C=O) groups is 3. The molecule has 0 bridgehead atoms. The van der Waals surface area contributed by atoms with Crippen molar-refractivity contribution in [3.05, 3.63) is 46.2 Å². The van der Waals surface area contributed by atoms with Gasteiger partial charge in [-0.2, -0.15) is 0 Å². The Morgan fingerprint density at radius 1 is 1.13 bits per heavy atom. The van der Waals surface area contributed by atoms with E-state index in [0.717, 1.165) is 5.69 Å². The predicted octanol–water partition coefficient (Wildman–Crippen LogP) is 2.35. The van der Waals surface area contributed by atoms with Gasteiger partial charge in [-0.1, -0.05) is 6.07 Å². The monoisotopic (exact) mass is 430 g/mol. The summed E-state index contributed by atoms with van der Waals surface area (Å²) in [4.78, 5) is 40.7. The molecule has 0 saturated carbocycles. The lowest BCUT2D eigenvalue weighted by atomic mass is 10.1. The van der Waals surface area contributed by atoms with E-state index in [1.54, 1.807) is 24.3 Å². The fourth-order valence-corrected chi connectivity index (χ4v) is 3.97. The molecule has 0 aliphatic carbocycles. The molecule has 1 fully saturated rings. The van der Waals surface area contributed by atoms with Gasteiger partial charge in [0.05, 0.1) is 28.4 Å². The molecule has 1 aliphatic rings. The first-order valence-corrected chi connectivity index (χ1v) is 10.7. The van der Waals surface area contributed by atoms with E-state index in [1.165, 1.54) is 17.4 Å². The minimum absolute atomic E-state index is 0.00756. The number of benzene rings is 1. The third-order valence-corrected chi connectivity index (χ3v) is 5.64. The Morgan fingerprint density at radius 3 is 2.47 bits per heavy atom. The summed E-state index contributed by atoms with van der Waals surface area (Å²) in [6, 6.07) is 8.40. The average molecular weight is 431 g/mol. The Morgan fingerprint density at radius 2 is 1.87 bits per heavy atom. The van der Waals surface area contributed by atoms with Gasteiger partial charge in [0, 0.05) is 32.2 Å². The van der Waals surface area contributed by atoms with E-state index in [1.807, 2.05) is 19.2 Å². The number of anilines is 2. The summed E-state index contributed by atoms with van der Waals surface area (Å²) >= 11 is 1.33. The summed E-state index contributed by atoms with van der Waals surface area (Å²) in [5, 5.41) is 16.9. The van der Waals surface area contributed by atoms with Gasteiger partial charge in [0.2, 0.25) is 5.91 Å². The molecule has 0 unspecified atom stereocenters. The topological polar surface area (TPSA) is 102 Å². The van der Waals surface area contributed by atoms with Crippen molar-refractivity contribution >= 4 is 40.5 Å². The highest BCUT2D eigenvalue weighted by molar-refractivity contribution is 7.12. The molecule has 2 heterocycles. The van der Waals surface area contributed by atoms with Gasteiger partial charge in [-0.05, 0) is 43.5 Å². The van der Waals surface area contributed by atoms with Gasteiger partial charge in [0.25, 0.3) is 5.91 Å². The Bertz CT molecular complexity index is 906. The molecule has 2 aromatic rings. The fraction of sp³-hybridized carbons (Fsp3) is 0.381. The van der Waals surface area contributed by atoms with Crippen molar-refractivity contribution in [3.63, 3.8) is 0 Å². The Kier molecular flexibility index (Phi) is 7.07. The number of carboxylic acids is 1. The number of nitrogens with one attached hydrogen (secondary N) is 2. The van der Waals surface area contributed by atoms with Crippen molar-refractivity contribution in [3.8, 4) is 0 Å². The molecule has 1 aromatic carbocycles. The molecule has 30 heavy (non-hydrogen) atoms. The van der Waals surface area contributed by atoms with E-state index in [4.69, 9.17) is 0 Å². The van der Waals surface area contributed by atoms with Crippen LogP contribution in [0, 0.1) is 0 Å². The van der Waals surface area contributed by atoms with Crippen LogP contribution in [-0.2, 0) is 4.79 Å². The zero-order valence-corrected chi connectivity index (χ0v) is 17.9. The lowest BCUT2D eigenvalue weighted by Gasteiger charge is -2.36. The minimum atomic E-state index is -1.05. The number of hydrogen-bond donors (Lipinski definition) is 3. The normalized spacial score (nSPS) is 14.6. The Hall–Kier alpha value is -2.91. The van der Waals surface area contributed by atoms with E-state index in [0.29, 0.717) is 43.3 Å². The van der Waals surface area contributed by atoms with Crippen molar-refractivity contribution in [1.82, 2.24) is 10.2 Å². The first-order valence-electron chi connectivity index (χ1n) is 9.82. The first kappa shape index (κ1) is 21.8. The molecule has 160 valence electrons. The van der Waals surface area contributed by atoms with Crippen LogP contribution in [0.2, 0.25) is 0 Å². The number of amides is 2. The zero-order chi connectivity index (χ0) is 21.7. The van der Waals surface area contributed by atoms with Gasteiger partial charge in [-0.25, -0.2) is 4.79 Å². The molecule has 8 nitrogen and oxygen atoms in total. The minimum Gasteiger partial charge on any atom is -0.478 e. The molecule has 0 radical (unpaired) electrons. The van der Waals surface area contributed by atoms with E-state index >= 15 is 0 Å². The van der Waals surface area contributed by atoms with Crippen molar-refractivity contribution in [2.24, 2.45) is 0 Å². The summed E-state index contributed by atoms with van der Waals surface area (Å²) in [7, 11) is 0. The van der Waals surface area contributed by atoms with E-state index in [2.05, 4.69) is 20.4 Å². The highest BCUT2D eigenvalue weighted by Crippen LogP contribution is 2.29. The fourth-order valence-electron chi connectivity index (χ4n) is 3.35. The van der Waals surface area contributed by atoms with Crippen molar-refractivity contribution in [2.45, 2.75) is 19.9 Å². The SMILES string of the molecule is CC(C)NC(=O)CN1CCN(c2ccc(C(=O)O)cc2NC(=O)c2cccs2)CC1. The number of carbonyl (C=O) groups excluding carboxylic acids is 2. The van der Waals surface area contributed by atoms with Crippen molar-refractivity contribution in [1.29, 1.82) is 0 Å². The number of hydrogen-bond acceptors (Lipinski definition) is 6. The molecule has 0 spiro atoms. The molecular weight excluding hydrogens is 404 g/mol. The highest BCUT2D eigenvalue weighted by atomic mass is 32.1. The van der Waals surface area contributed by atoms with Crippen LogP contribution in [0.4, 0.5) is 11.4 Å². The second-order valence-electron chi connectivity index (χ2n) is 7.45. The Balaban J connectivity index is 1.71. The third kappa shape index (κ3) is 5.58. The summed E-state index contributed by atoms with van der Waals surface area (Å²) < 4.78 is 0. The smallest absolute Gasteiger partial charge is 0.335 e. The number of carboxylic acid groups (broad SMARTS) is 1. The predicted molar refractivity (Wildman–Crippen MR) is 118 cm³/mol. The van der Waals surface area contributed by atoms with Crippen molar-refractivity contribution in [2.75, 3.05) is 42.9 Å². The van der Waals surface area contributed by atoms with Crippen LogP contribution >= 0.6 is 11.3 Å². The summed E-state index contributed by atoms with van der Waals surface area (Å²) in [6.07, 6.45) is 0. The number of rotatable bonds is 7. The molecule has 2 amide bonds. The van der Waals surface area contributed by atoms with E-state index in [-0.39, 0.29) is 23.4 Å². The second kappa shape index (κ2) is 9.73. The lowest BCUT2D eigenvalue weighted by Crippen LogP contribution is -2.50. The Labute approximate surface area is 179 Å². The molecule has 0 atom stereocenters. The van der Waals surface area contributed by atoms with Crippen LogP contribution < -0.4 is 15.5 Å². The third-order valence-electron chi connectivity index (χ3n) is 4.77. The standard InChI is InChI=1S/C21H26N4O4S/c1-14(2)22-19(26)13-24-7-9-25(10-8-24)17-6-5-15(21(28)29)12-16(17)23-20(27)18-4-3-11-30-18/h3-6,11-12,14H,7-10,13H2,1-2H3,(H,22,26)(H,23,27)(H,28,29). The molecular formula is C21H26N4O4S. The van der Waals surface area contributed by atoms with Crippen LogP contribution in [0.15, 0.2) is 35.7 Å². The van der Waals surface area contributed by atoms with Gasteiger partial charge in [-0.3, -0.25) is 14.5 Å². The number of thiophene rings is 1. The second-order valence-corrected chi connectivity index (χ2v) is 8.40. The molecule has 3 rings (SSSR count). The van der Waals surface area contributed by atoms with Crippen LogP contribution in [-0.4, -0.2) is 66.6 Å². The largest absolute Gasteiger partial charge is 0.478 e. The van der Waals surface area contributed by atoms with Gasteiger partial charge >= 0.3 is 5.97 Å². The van der Waals surface area contributed by atoms with Crippen molar-refractivity contribution < 1.29 is 19.5 Å². The maximum Gasteiger partial charge on any atom is 0.335 e. The quantitative estimate of drug-likeness (QED) is 0.623. The molecule has 9 heteroatoms. The van der Waals surface area contributed by atoms with E-state index < -0.39 is 5.97 Å². The van der Waals surface area contributed by atoms with Gasteiger partial charge in [-0.15, -0.1) is 11.3 Å². The van der Waals surface area contributed by atoms with Gasteiger partial charge in [0.15, 0.2) is 0 Å². The van der Waals surface area contributed by atoms with Crippen LogP contribution in [0.5, 0.6) is 0 Å². The molecule has 1 aromatic heterocycles. The summed E-state index contributed by atoms with van der Waals surface area (Å²) in [6.45, 7) is 6.96. The lowest BCUT2D eigenvalue weighted by molar-refractivity contribution is -0.122. The van der Waals surface area contributed by atoms with Crippen LogP contribution in [0.25, 0.3) is 0 Å². The zero-order valence-electron chi connectivity index (χ0n) is 17.1. The van der Waals surface area contributed by atoms with Crippen LogP contribution in [0.1, 0.15) is 33.9 Å². The van der Waals surface area contributed by atoms with Crippen LogP contribution in [0.3, 0.4) is 0 Å². The maximum atomic E-state index is 12.5. The maximum absolute atomic E-state index is 12.5. The number of aromatic carboxylic acids is 1. The number of nitrogens with zero attached hydrogens (tertiary/aromatic N) is 2.